The minimum absolute atomic E-state index is 0.0953. The second-order valence-corrected chi connectivity index (χ2v) is 19.8. The van der Waals surface area contributed by atoms with E-state index < -0.39 is 75.7 Å². The minimum Gasteiger partial charge on any atom is -0.462 e. The molecule has 1 rings (SSSR count). The Bertz CT molecular complexity index is 1230. The lowest BCUT2D eigenvalue weighted by Crippen LogP contribution is -2.64. The molecule has 0 aromatic carbocycles. The molecule has 382 valence electrons. The summed E-state index contributed by atoms with van der Waals surface area (Å²) in [5.74, 6) is -1.11. The predicted octanol–water partition coefficient (Wildman–Crippen LogP) is 11.2. The third-order valence-electron chi connectivity index (χ3n) is 12.3. The minimum atomic E-state index is -5.12. The number of phosphoric ester groups is 1. The Morgan fingerprint density at radius 1 is 0.462 bits per heavy atom. The number of rotatable bonds is 44. The molecule has 0 bridgehead atoms. The Labute approximate surface area is 394 Å². The van der Waals surface area contributed by atoms with Gasteiger partial charge >= 0.3 is 19.8 Å². The van der Waals surface area contributed by atoms with Crippen LogP contribution in [0.4, 0.5) is 0 Å². The van der Waals surface area contributed by atoms with Crippen LogP contribution in [-0.2, 0) is 32.7 Å². The highest BCUT2D eigenvalue weighted by Gasteiger charge is 2.51. The van der Waals surface area contributed by atoms with Crippen molar-refractivity contribution in [1.29, 1.82) is 0 Å². The third kappa shape index (κ3) is 33.5. The number of hydrogen-bond acceptors (Lipinski definition) is 12. The largest absolute Gasteiger partial charge is 0.472 e. The Morgan fingerprint density at radius 3 is 1.18 bits per heavy atom. The fourth-order valence-electron chi connectivity index (χ4n) is 8.04. The molecule has 8 atom stereocenters. The molecule has 0 radical (unpaired) electrons. The predicted molar refractivity (Wildman–Crippen MR) is 258 cm³/mol. The van der Waals surface area contributed by atoms with Gasteiger partial charge in [-0.25, -0.2) is 4.57 Å². The van der Waals surface area contributed by atoms with Gasteiger partial charge in [0.15, 0.2) is 6.10 Å². The van der Waals surface area contributed by atoms with Crippen LogP contribution in [0.15, 0.2) is 24.3 Å². The maximum absolute atomic E-state index is 12.8. The molecular formula is C51H95O13P. The van der Waals surface area contributed by atoms with Gasteiger partial charge in [-0.1, -0.05) is 179 Å². The number of carbonyl (C=O) groups excluding carboxylic acids is 2. The van der Waals surface area contributed by atoms with Gasteiger partial charge in [-0.2, -0.15) is 0 Å². The first-order valence-corrected chi connectivity index (χ1v) is 27.6. The van der Waals surface area contributed by atoms with Crippen molar-refractivity contribution in [3.63, 3.8) is 0 Å². The molecule has 0 aliphatic heterocycles. The van der Waals surface area contributed by atoms with E-state index in [-0.39, 0.29) is 12.8 Å². The highest BCUT2D eigenvalue weighted by Crippen LogP contribution is 2.47. The van der Waals surface area contributed by atoms with Gasteiger partial charge in [0.1, 0.15) is 43.2 Å². The lowest BCUT2D eigenvalue weighted by atomic mass is 9.85. The van der Waals surface area contributed by atoms with E-state index in [1.54, 1.807) is 0 Å². The zero-order valence-corrected chi connectivity index (χ0v) is 41.7. The Kier molecular flexibility index (Phi) is 39.0. The van der Waals surface area contributed by atoms with Crippen molar-refractivity contribution in [1.82, 2.24) is 0 Å². The summed E-state index contributed by atoms with van der Waals surface area (Å²) in [5, 5.41) is 50.3. The monoisotopic (exact) mass is 947 g/mol. The first kappa shape index (κ1) is 61.3. The van der Waals surface area contributed by atoms with Crippen molar-refractivity contribution >= 4 is 19.8 Å². The summed E-state index contributed by atoms with van der Waals surface area (Å²) in [6, 6.07) is 0. The molecule has 1 saturated carbocycles. The molecule has 1 aliphatic carbocycles. The summed E-state index contributed by atoms with van der Waals surface area (Å²) >= 11 is 0. The third-order valence-corrected chi connectivity index (χ3v) is 13.3. The van der Waals surface area contributed by atoms with Gasteiger partial charge in [0.05, 0.1) is 6.61 Å². The van der Waals surface area contributed by atoms with E-state index in [2.05, 4.69) is 38.2 Å². The first-order valence-electron chi connectivity index (χ1n) is 26.1. The van der Waals surface area contributed by atoms with Gasteiger partial charge < -0.3 is 39.9 Å². The van der Waals surface area contributed by atoms with E-state index in [1.807, 2.05) is 0 Å². The van der Waals surface area contributed by atoms with E-state index in [0.29, 0.717) is 12.8 Å². The van der Waals surface area contributed by atoms with Crippen molar-refractivity contribution < 1.29 is 63.1 Å². The van der Waals surface area contributed by atoms with Crippen molar-refractivity contribution in [2.45, 2.75) is 275 Å². The fraction of sp³-hybridized carbons (Fsp3) is 0.882. The number of carbonyl (C=O) groups is 2. The van der Waals surface area contributed by atoms with Gasteiger partial charge in [-0.15, -0.1) is 0 Å². The van der Waals surface area contributed by atoms with Gasteiger partial charge in [-0.05, 0) is 64.2 Å². The highest BCUT2D eigenvalue weighted by molar-refractivity contribution is 7.47. The highest BCUT2D eigenvalue weighted by atomic mass is 31.2. The molecule has 0 aromatic heterocycles. The van der Waals surface area contributed by atoms with Crippen LogP contribution in [0.25, 0.3) is 0 Å². The molecule has 0 spiro atoms. The summed E-state index contributed by atoms with van der Waals surface area (Å²) in [7, 11) is -5.12. The van der Waals surface area contributed by atoms with E-state index in [9.17, 15) is 44.6 Å². The normalized spacial score (nSPS) is 21.5. The van der Waals surface area contributed by atoms with Crippen molar-refractivity contribution in [3.8, 4) is 0 Å². The fourth-order valence-corrected chi connectivity index (χ4v) is 9.02. The van der Waals surface area contributed by atoms with Crippen LogP contribution in [0.1, 0.15) is 232 Å². The number of aliphatic hydroxyl groups excluding tert-OH is 5. The second kappa shape index (κ2) is 41.3. The number of esters is 2. The smallest absolute Gasteiger partial charge is 0.462 e. The first-order chi connectivity index (χ1) is 31.4. The molecule has 0 heterocycles. The van der Waals surface area contributed by atoms with Crippen LogP contribution in [-0.4, -0.2) is 98.3 Å². The van der Waals surface area contributed by atoms with Gasteiger partial charge in [0.25, 0.3) is 0 Å². The van der Waals surface area contributed by atoms with Gasteiger partial charge in [0.2, 0.25) is 0 Å². The Balaban J connectivity index is 2.39. The molecule has 0 amide bonds. The molecule has 13 nitrogen and oxygen atoms in total. The topological polar surface area (TPSA) is 210 Å². The molecule has 6 N–H and O–H groups in total. The summed E-state index contributed by atoms with van der Waals surface area (Å²) in [5.41, 5.74) is 0. The average Bonchev–Trinajstić information content (AvgIpc) is 3.29. The van der Waals surface area contributed by atoms with Crippen LogP contribution >= 0.6 is 7.82 Å². The van der Waals surface area contributed by atoms with Crippen molar-refractivity contribution in [2.24, 2.45) is 0 Å². The standard InChI is InChI=1S/C51H95O13P/c1-3-5-7-9-11-13-15-17-19-20-21-22-23-24-26-28-30-32-34-36-38-40-45(53)63-43(42-62-65(59,60)64-51-49(57)47(55)46(54)48(56)50(51)58)41-61-44(52)39-37-35-33-31-29-27-25-18-16-14-12-10-8-6-4-2/h17,19,27,29,43,46-51,54-58H,3-16,18,20-26,28,30-42H2,1-2H3,(H,59,60)/b19-17+,29-27+/t43-,46?,47-,48?,49?,50?,51?/m1/s1. The molecule has 1 aliphatic rings. The molecule has 14 heteroatoms. The SMILES string of the molecule is CCCCCCCC/C=C/CCCCCCCCCCCCCC(=O)O[C@H](COC(=O)CCCCC/C=C/CCCCCCCCCC)COP(=O)(O)OC1C(O)C(O)C(O)[C@@H](O)C1O. The van der Waals surface area contributed by atoms with E-state index in [0.717, 1.165) is 51.4 Å². The summed E-state index contributed by atoms with van der Waals surface area (Å²) in [4.78, 5) is 35.8. The van der Waals surface area contributed by atoms with Crippen LogP contribution in [0.5, 0.6) is 0 Å². The van der Waals surface area contributed by atoms with Gasteiger partial charge in [0, 0.05) is 12.8 Å². The summed E-state index contributed by atoms with van der Waals surface area (Å²) in [6.45, 7) is 3.31. The van der Waals surface area contributed by atoms with Crippen LogP contribution in [0, 0.1) is 0 Å². The van der Waals surface area contributed by atoms with Crippen LogP contribution in [0.3, 0.4) is 0 Å². The van der Waals surface area contributed by atoms with Crippen LogP contribution in [0.2, 0.25) is 0 Å². The molecular weight excluding hydrogens is 852 g/mol. The summed E-state index contributed by atoms with van der Waals surface area (Å²) < 4.78 is 33.6. The maximum atomic E-state index is 12.8. The average molecular weight is 947 g/mol. The molecule has 6 unspecified atom stereocenters. The lowest BCUT2D eigenvalue weighted by Gasteiger charge is -2.41. The number of aliphatic hydroxyl groups is 5. The Morgan fingerprint density at radius 2 is 0.785 bits per heavy atom. The molecule has 0 aromatic rings. The number of phosphoric acid groups is 1. The second-order valence-electron chi connectivity index (χ2n) is 18.4. The number of ether oxygens (including phenoxy) is 2. The van der Waals surface area contributed by atoms with E-state index in [1.165, 1.54) is 141 Å². The van der Waals surface area contributed by atoms with Crippen molar-refractivity contribution in [3.05, 3.63) is 24.3 Å². The molecule has 1 fully saturated rings. The van der Waals surface area contributed by atoms with Crippen LogP contribution < -0.4 is 0 Å². The Hall–Kier alpha value is -1.67. The zero-order chi connectivity index (χ0) is 47.8. The quantitative estimate of drug-likeness (QED) is 0.0146. The summed E-state index contributed by atoms with van der Waals surface area (Å²) in [6.07, 6.45) is 33.7. The molecule has 0 saturated heterocycles. The van der Waals surface area contributed by atoms with Gasteiger partial charge in [-0.3, -0.25) is 18.6 Å². The maximum Gasteiger partial charge on any atom is 0.472 e. The van der Waals surface area contributed by atoms with E-state index in [4.69, 9.17) is 18.5 Å². The molecule has 65 heavy (non-hydrogen) atoms. The zero-order valence-electron chi connectivity index (χ0n) is 40.8. The number of unbranched alkanes of at least 4 members (excludes halogenated alkanes) is 28. The van der Waals surface area contributed by atoms with Crippen molar-refractivity contribution in [2.75, 3.05) is 13.2 Å². The number of hydrogen-bond donors (Lipinski definition) is 6. The van der Waals surface area contributed by atoms with E-state index >= 15 is 0 Å². The number of allylic oxidation sites excluding steroid dienone is 4. The lowest BCUT2D eigenvalue weighted by molar-refractivity contribution is -0.220.